The summed E-state index contributed by atoms with van der Waals surface area (Å²) in [6.45, 7) is 1.30. The van der Waals surface area contributed by atoms with Crippen molar-refractivity contribution in [1.29, 1.82) is 0 Å². The Balaban J connectivity index is 2.25. The second-order valence-corrected chi connectivity index (χ2v) is 6.51. The van der Waals surface area contributed by atoms with Crippen LogP contribution in [0.2, 0.25) is 0 Å². The molecule has 108 valence electrons. The third kappa shape index (κ3) is 3.58. The molecule has 1 saturated heterocycles. The van der Waals surface area contributed by atoms with Crippen molar-refractivity contribution in [2.24, 2.45) is 0 Å². The highest BCUT2D eigenvalue weighted by Crippen LogP contribution is 2.16. The molecule has 0 spiro atoms. The van der Waals surface area contributed by atoms with Crippen molar-refractivity contribution in [2.45, 2.75) is 17.4 Å². The van der Waals surface area contributed by atoms with Gasteiger partial charge in [0, 0.05) is 18.2 Å². The fraction of sp³-hybridized carbons (Fsp3) is 0.429. The van der Waals surface area contributed by atoms with Crippen LogP contribution in [0.1, 0.15) is 12.0 Å². The Bertz CT molecular complexity index is 631. The topological polar surface area (TPSA) is 69.6 Å². The number of nitrogens with zero attached hydrogens (tertiary/aromatic N) is 1. The molecule has 1 aromatic rings. The van der Waals surface area contributed by atoms with Gasteiger partial charge in [-0.3, -0.25) is 0 Å². The lowest BCUT2D eigenvalue weighted by molar-refractivity contribution is 0.350. The van der Waals surface area contributed by atoms with E-state index in [1.54, 1.807) is 18.2 Å². The van der Waals surface area contributed by atoms with Gasteiger partial charge in [0.25, 0.3) is 0 Å². The molecule has 0 bridgehead atoms. The largest absolute Gasteiger partial charge is 0.384 e. The molecule has 0 radical (unpaired) electrons. The van der Waals surface area contributed by atoms with Crippen LogP contribution in [0.15, 0.2) is 29.2 Å². The minimum Gasteiger partial charge on any atom is -0.384 e. The first-order valence-corrected chi connectivity index (χ1v) is 7.91. The number of hydrogen-bond acceptors (Lipinski definition) is 4. The lowest BCUT2D eigenvalue weighted by Gasteiger charge is -2.14. The van der Waals surface area contributed by atoms with Crippen molar-refractivity contribution in [3.05, 3.63) is 29.8 Å². The third-order valence-electron chi connectivity index (χ3n) is 3.19. The lowest BCUT2D eigenvalue weighted by Crippen LogP contribution is -2.36. The Kier molecular flexibility index (Phi) is 4.78. The van der Waals surface area contributed by atoms with Gasteiger partial charge in [-0.05, 0) is 32.1 Å². The molecular formula is C14H18N2O3S. The van der Waals surface area contributed by atoms with Crippen molar-refractivity contribution in [2.75, 3.05) is 26.7 Å². The van der Waals surface area contributed by atoms with Crippen LogP contribution in [-0.4, -0.2) is 51.2 Å². The van der Waals surface area contributed by atoms with Gasteiger partial charge in [-0.1, -0.05) is 24.0 Å². The monoisotopic (exact) mass is 294 g/mol. The van der Waals surface area contributed by atoms with Gasteiger partial charge in [0.1, 0.15) is 6.61 Å². The van der Waals surface area contributed by atoms with Crippen LogP contribution in [0.25, 0.3) is 0 Å². The first kappa shape index (κ1) is 15.0. The number of nitrogens with one attached hydrogen (secondary N) is 1. The van der Waals surface area contributed by atoms with Crippen LogP contribution in [-0.2, 0) is 10.0 Å². The molecule has 0 aliphatic carbocycles. The average Bonchev–Trinajstić information content (AvgIpc) is 2.81. The molecule has 1 heterocycles. The number of likely N-dealkylation sites (N-methyl/N-ethyl adjacent to an activating group) is 1. The molecule has 2 N–H and O–H groups in total. The molecule has 0 saturated carbocycles. The summed E-state index contributed by atoms with van der Waals surface area (Å²) >= 11 is 0. The standard InChI is InChI=1S/C14H18N2O3S/c1-16-9-8-13(11-16)15-20(18,19)14-7-3-2-5-12(14)6-4-10-17/h2-3,5,7,13,15,17H,8-11H2,1H3. The highest BCUT2D eigenvalue weighted by molar-refractivity contribution is 7.89. The summed E-state index contributed by atoms with van der Waals surface area (Å²) in [5, 5.41) is 8.74. The van der Waals surface area contributed by atoms with Gasteiger partial charge >= 0.3 is 0 Å². The number of aliphatic hydroxyl groups is 1. The normalized spacial score (nSPS) is 19.6. The van der Waals surface area contributed by atoms with Gasteiger partial charge in [0.2, 0.25) is 10.0 Å². The average molecular weight is 294 g/mol. The molecule has 1 aliphatic heterocycles. The van der Waals surface area contributed by atoms with Crippen molar-refractivity contribution in [3.8, 4) is 11.8 Å². The van der Waals surface area contributed by atoms with E-state index in [4.69, 9.17) is 5.11 Å². The first-order chi connectivity index (χ1) is 9.53. The smallest absolute Gasteiger partial charge is 0.242 e. The highest BCUT2D eigenvalue weighted by Gasteiger charge is 2.26. The molecular weight excluding hydrogens is 276 g/mol. The second kappa shape index (κ2) is 6.37. The predicted octanol–water partition coefficient (Wildman–Crippen LogP) is 0.0128. The summed E-state index contributed by atoms with van der Waals surface area (Å²) < 4.78 is 27.6. The number of aliphatic hydroxyl groups excluding tert-OH is 1. The Morgan fingerprint density at radius 3 is 2.85 bits per heavy atom. The van der Waals surface area contributed by atoms with E-state index in [2.05, 4.69) is 21.5 Å². The maximum Gasteiger partial charge on any atom is 0.242 e. The fourth-order valence-corrected chi connectivity index (χ4v) is 3.68. The predicted molar refractivity (Wildman–Crippen MR) is 76.6 cm³/mol. The molecule has 20 heavy (non-hydrogen) atoms. The molecule has 1 unspecified atom stereocenters. The highest BCUT2D eigenvalue weighted by atomic mass is 32.2. The van der Waals surface area contributed by atoms with E-state index >= 15 is 0 Å². The van der Waals surface area contributed by atoms with E-state index in [-0.39, 0.29) is 17.5 Å². The minimum atomic E-state index is -3.59. The molecule has 1 aromatic carbocycles. The summed E-state index contributed by atoms with van der Waals surface area (Å²) in [5.41, 5.74) is 0.403. The van der Waals surface area contributed by atoms with E-state index in [0.717, 1.165) is 13.0 Å². The van der Waals surface area contributed by atoms with E-state index in [1.165, 1.54) is 6.07 Å². The maximum absolute atomic E-state index is 12.4. The van der Waals surface area contributed by atoms with Gasteiger partial charge in [0.15, 0.2) is 0 Å². The summed E-state index contributed by atoms with van der Waals surface area (Å²) in [6.07, 6.45) is 0.806. The zero-order chi connectivity index (χ0) is 14.6. The molecule has 1 aliphatic rings. The number of benzene rings is 1. The van der Waals surface area contributed by atoms with Crippen molar-refractivity contribution >= 4 is 10.0 Å². The number of sulfonamides is 1. The SMILES string of the molecule is CN1CCC(NS(=O)(=O)c2ccccc2C#CCO)C1. The quantitative estimate of drug-likeness (QED) is 0.771. The van der Waals surface area contributed by atoms with Gasteiger partial charge in [-0.2, -0.15) is 0 Å². The van der Waals surface area contributed by atoms with Gasteiger partial charge < -0.3 is 10.0 Å². The molecule has 0 amide bonds. The van der Waals surface area contributed by atoms with Gasteiger partial charge in [-0.25, -0.2) is 13.1 Å². The van der Waals surface area contributed by atoms with Crippen molar-refractivity contribution in [3.63, 3.8) is 0 Å². The Morgan fingerprint density at radius 1 is 1.45 bits per heavy atom. The number of likely N-dealkylation sites (tertiary alicyclic amines) is 1. The summed E-state index contributed by atoms with van der Waals surface area (Å²) in [5.74, 6) is 5.16. The first-order valence-electron chi connectivity index (χ1n) is 6.42. The lowest BCUT2D eigenvalue weighted by atomic mass is 10.2. The third-order valence-corrected chi connectivity index (χ3v) is 4.77. The Labute approximate surface area is 119 Å². The molecule has 1 fully saturated rings. The van der Waals surface area contributed by atoms with E-state index in [9.17, 15) is 8.42 Å². The molecule has 6 heteroatoms. The molecule has 0 aromatic heterocycles. The second-order valence-electron chi connectivity index (χ2n) is 4.83. The van der Waals surface area contributed by atoms with Crippen LogP contribution >= 0.6 is 0 Å². The Hall–Kier alpha value is -1.39. The van der Waals surface area contributed by atoms with Crippen LogP contribution in [0.3, 0.4) is 0 Å². The molecule has 5 nitrogen and oxygen atoms in total. The zero-order valence-corrected chi connectivity index (χ0v) is 12.2. The van der Waals surface area contributed by atoms with Crippen LogP contribution in [0, 0.1) is 11.8 Å². The number of hydrogen-bond donors (Lipinski definition) is 2. The molecule has 1 atom stereocenters. The summed E-state index contributed by atoms with van der Waals surface area (Å²) in [7, 11) is -1.62. The number of rotatable bonds is 3. The van der Waals surface area contributed by atoms with E-state index < -0.39 is 10.0 Å². The van der Waals surface area contributed by atoms with Crippen LogP contribution < -0.4 is 4.72 Å². The Morgan fingerprint density at radius 2 is 2.20 bits per heavy atom. The minimum absolute atomic E-state index is 0.0659. The van der Waals surface area contributed by atoms with Gasteiger partial charge in [-0.15, -0.1) is 0 Å². The summed E-state index contributed by atoms with van der Waals surface area (Å²) in [4.78, 5) is 2.25. The fourth-order valence-electron chi connectivity index (χ4n) is 2.25. The maximum atomic E-state index is 12.4. The van der Waals surface area contributed by atoms with Crippen LogP contribution in [0.5, 0.6) is 0 Å². The van der Waals surface area contributed by atoms with E-state index in [1.807, 2.05) is 7.05 Å². The van der Waals surface area contributed by atoms with Gasteiger partial charge in [0.05, 0.1) is 4.90 Å². The van der Waals surface area contributed by atoms with Crippen LogP contribution in [0.4, 0.5) is 0 Å². The zero-order valence-electron chi connectivity index (χ0n) is 11.3. The van der Waals surface area contributed by atoms with E-state index in [0.29, 0.717) is 12.1 Å². The summed E-state index contributed by atoms with van der Waals surface area (Å²) in [6, 6.07) is 6.49. The van der Waals surface area contributed by atoms with Crippen molar-refractivity contribution < 1.29 is 13.5 Å². The molecule has 2 rings (SSSR count). The van der Waals surface area contributed by atoms with Crippen molar-refractivity contribution in [1.82, 2.24) is 9.62 Å².